The molecule has 0 spiro atoms. The van der Waals surface area contributed by atoms with Crippen molar-refractivity contribution >= 4 is 41.5 Å². The summed E-state index contributed by atoms with van der Waals surface area (Å²) in [4.78, 5) is 18.9. The zero-order valence-corrected chi connectivity index (χ0v) is 17.3. The predicted octanol–water partition coefficient (Wildman–Crippen LogP) is 3.27. The van der Waals surface area contributed by atoms with E-state index in [1.165, 1.54) is 11.1 Å². The van der Waals surface area contributed by atoms with Crippen LogP contribution in [0.3, 0.4) is 0 Å². The van der Waals surface area contributed by atoms with Gasteiger partial charge in [0.1, 0.15) is 6.54 Å². The van der Waals surface area contributed by atoms with Crippen molar-refractivity contribution in [2.75, 3.05) is 25.0 Å². The molecule has 3 rings (SSSR count). The molecule has 1 aliphatic rings. The fourth-order valence-electron chi connectivity index (χ4n) is 2.97. The third kappa shape index (κ3) is 5.45. The maximum Gasteiger partial charge on any atom is 0.246 e. The zero-order valence-electron chi connectivity index (χ0n) is 14.9. The Morgan fingerprint density at radius 3 is 2.50 bits per heavy atom. The molecule has 0 aromatic heterocycles. The smallest absolute Gasteiger partial charge is 0.246 e. The van der Waals surface area contributed by atoms with Gasteiger partial charge in [-0.1, -0.05) is 42.5 Å². The van der Waals surface area contributed by atoms with Gasteiger partial charge in [0.05, 0.1) is 0 Å². The van der Waals surface area contributed by atoms with Crippen LogP contribution in [0.15, 0.2) is 59.6 Å². The van der Waals surface area contributed by atoms with Crippen molar-refractivity contribution in [3.63, 3.8) is 0 Å². The minimum Gasteiger partial charge on any atom is -0.356 e. The summed E-state index contributed by atoms with van der Waals surface area (Å²) in [6, 6.07) is 18.0. The number of carbonyl (C=O) groups is 1. The molecule has 0 fully saturated rings. The number of aliphatic imine (C=N–C) groups is 1. The third-order valence-corrected chi connectivity index (χ3v) is 4.20. The molecule has 26 heavy (non-hydrogen) atoms. The van der Waals surface area contributed by atoms with Crippen LogP contribution < -0.4 is 10.6 Å². The van der Waals surface area contributed by atoms with E-state index < -0.39 is 0 Å². The average Bonchev–Trinajstić information content (AvgIpc) is 2.65. The number of fused-ring (bicyclic) bond motifs is 1. The van der Waals surface area contributed by atoms with Gasteiger partial charge >= 0.3 is 0 Å². The Kier molecular flexibility index (Phi) is 7.90. The monoisotopic (exact) mass is 464 g/mol. The van der Waals surface area contributed by atoms with Gasteiger partial charge in [0.2, 0.25) is 5.91 Å². The van der Waals surface area contributed by atoms with E-state index in [2.05, 4.69) is 44.8 Å². The van der Waals surface area contributed by atoms with Gasteiger partial charge in [-0.25, -0.2) is 4.99 Å². The van der Waals surface area contributed by atoms with Gasteiger partial charge in [-0.05, 0) is 36.6 Å². The second-order valence-corrected chi connectivity index (χ2v) is 6.02. The molecule has 1 heterocycles. The lowest BCUT2D eigenvalue weighted by molar-refractivity contribution is -0.114. The van der Waals surface area contributed by atoms with Gasteiger partial charge in [0.15, 0.2) is 5.96 Å². The van der Waals surface area contributed by atoms with E-state index in [1.54, 1.807) is 0 Å². The predicted molar refractivity (Wildman–Crippen MR) is 117 cm³/mol. The standard InChI is InChI=1S/C20H24N4O.HI/c1-2-21-20(22-14-19(25)23-18-10-4-3-5-11-18)24-13-12-16-8-6-7-9-17(16)15-24;/h3-11H,2,12-15H2,1H3,(H,21,22)(H,23,25);1H. The maximum atomic E-state index is 12.1. The van der Waals surface area contributed by atoms with Crippen molar-refractivity contribution in [2.24, 2.45) is 4.99 Å². The van der Waals surface area contributed by atoms with Gasteiger partial charge < -0.3 is 15.5 Å². The molecule has 6 heteroatoms. The molecule has 0 saturated heterocycles. The molecule has 1 amide bonds. The number of halogens is 1. The number of para-hydroxylation sites is 1. The maximum absolute atomic E-state index is 12.1. The third-order valence-electron chi connectivity index (χ3n) is 4.20. The molecule has 0 atom stereocenters. The highest BCUT2D eigenvalue weighted by Gasteiger charge is 2.18. The van der Waals surface area contributed by atoms with Crippen molar-refractivity contribution in [2.45, 2.75) is 19.9 Å². The van der Waals surface area contributed by atoms with E-state index >= 15 is 0 Å². The van der Waals surface area contributed by atoms with Crippen LogP contribution in [0.2, 0.25) is 0 Å². The molecule has 138 valence electrons. The van der Waals surface area contributed by atoms with Crippen LogP contribution in [-0.2, 0) is 17.8 Å². The van der Waals surface area contributed by atoms with Crippen molar-refractivity contribution in [3.8, 4) is 0 Å². The first kappa shape index (κ1) is 20.2. The summed E-state index contributed by atoms with van der Waals surface area (Å²) in [6.07, 6.45) is 0.997. The summed E-state index contributed by atoms with van der Waals surface area (Å²) >= 11 is 0. The fourth-order valence-corrected chi connectivity index (χ4v) is 2.97. The van der Waals surface area contributed by atoms with Gasteiger partial charge in [0, 0.05) is 25.3 Å². The Hall–Kier alpha value is -2.09. The van der Waals surface area contributed by atoms with Crippen LogP contribution in [-0.4, -0.2) is 36.4 Å². The first-order chi connectivity index (χ1) is 12.3. The van der Waals surface area contributed by atoms with Crippen molar-refractivity contribution in [1.82, 2.24) is 10.2 Å². The molecule has 2 aromatic carbocycles. The number of nitrogens with one attached hydrogen (secondary N) is 2. The molecular formula is C20H25IN4O. The molecule has 1 aliphatic heterocycles. The second-order valence-electron chi connectivity index (χ2n) is 6.02. The molecule has 0 bridgehead atoms. The summed E-state index contributed by atoms with van der Waals surface area (Å²) in [7, 11) is 0. The highest BCUT2D eigenvalue weighted by atomic mass is 127. The van der Waals surface area contributed by atoms with Crippen molar-refractivity contribution in [3.05, 3.63) is 65.7 Å². The number of hydrogen-bond donors (Lipinski definition) is 2. The number of nitrogens with zero attached hydrogens (tertiary/aromatic N) is 2. The van der Waals surface area contributed by atoms with Gasteiger partial charge in [-0.2, -0.15) is 0 Å². The Morgan fingerprint density at radius 2 is 1.77 bits per heavy atom. The Bertz CT molecular complexity index is 748. The van der Waals surface area contributed by atoms with Gasteiger partial charge in [0.25, 0.3) is 0 Å². The Balaban J connectivity index is 0.00000243. The van der Waals surface area contributed by atoms with E-state index in [9.17, 15) is 4.79 Å². The minimum absolute atomic E-state index is 0. The molecule has 0 unspecified atom stereocenters. The number of hydrogen-bond acceptors (Lipinski definition) is 2. The lowest BCUT2D eigenvalue weighted by Crippen LogP contribution is -2.44. The molecule has 0 aliphatic carbocycles. The number of guanidine groups is 1. The van der Waals surface area contributed by atoms with Crippen LogP contribution in [0.25, 0.3) is 0 Å². The first-order valence-electron chi connectivity index (χ1n) is 8.71. The summed E-state index contributed by atoms with van der Waals surface area (Å²) in [5.41, 5.74) is 3.52. The Labute approximate surface area is 171 Å². The number of benzene rings is 2. The molecule has 5 nitrogen and oxygen atoms in total. The van der Waals surface area contributed by atoms with Crippen molar-refractivity contribution < 1.29 is 4.79 Å². The summed E-state index contributed by atoms with van der Waals surface area (Å²) in [6.45, 7) is 4.65. The zero-order chi connectivity index (χ0) is 17.5. The number of anilines is 1. The van der Waals surface area contributed by atoms with Crippen LogP contribution >= 0.6 is 24.0 Å². The normalized spacial score (nSPS) is 13.4. The molecule has 0 saturated carbocycles. The van der Waals surface area contributed by atoms with Crippen LogP contribution in [0.1, 0.15) is 18.1 Å². The average molecular weight is 464 g/mol. The largest absolute Gasteiger partial charge is 0.356 e. The second kappa shape index (κ2) is 10.2. The quantitative estimate of drug-likeness (QED) is 0.415. The van der Waals surface area contributed by atoms with E-state index in [1.807, 2.05) is 37.3 Å². The molecule has 2 N–H and O–H groups in total. The van der Waals surface area contributed by atoms with E-state index in [-0.39, 0.29) is 36.4 Å². The van der Waals surface area contributed by atoms with Gasteiger partial charge in [-0.3, -0.25) is 4.79 Å². The number of amides is 1. The topological polar surface area (TPSA) is 56.7 Å². The SMILES string of the molecule is CCNC(=NCC(=O)Nc1ccccc1)N1CCc2ccccc2C1.I. The van der Waals surface area contributed by atoms with Crippen LogP contribution in [0.4, 0.5) is 5.69 Å². The van der Waals surface area contributed by atoms with Crippen LogP contribution in [0, 0.1) is 0 Å². The van der Waals surface area contributed by atoms with Crippen LogP contribution in [0.5, 0.6) is 0 Å². The summed E-state index contributed by atoms with van der Waals surface area (Å²) in [5.74, 6) is 0.680. The highest BCUT2D eigenvalue weighted by molar-refractivity contribution is 14.0. The minimum atomic E-state index is -0.112. The Morgan fingerprint density at radius 1 is 1.08 bits per heavy atom. The first-order valence-corrected chi connectivity index (χ1v) is 8.71. The van der Waals surface area contributed by atoms with Gasteiger partial charge in [-0.15, -0.1) is 24.0 Å². The molecular weight excluding hydrogens is 439 g/mol. The van der Waals surface area contributed by atoms with E-state index in [0.29, 0.717) is 0 Å². The lowest BCUT2D eigenvalue weighted by atomic mass is 10.0. The summed E-state index contributed by atoms with van der Waals surface area (Å²) in [5, 5.41) is 6.16. The summed E-state index contributed by atoms with van der Waals surface area (Å²) < 4.78 is 0. The number of rotatable bonds is 4. The number of carbonyl (C=O) groups excluding carboxylic acids is 1. The van der Waals surface area contributed by atoms with Crippen molar-refractivity contribution in [1.29, 1.82) is 0 Å². The van der Waals surface area contributed by atoms with E-state index in [0.717, 1.165) is 37.7 Å². The van der Waals surface area contributed by atoms with E-state index in [4.69, 9.17) is 0 Å². The highest BCUT2D eigenvalue weighted by Crippen LogP contribution is 2.18. The molecule has 0 radical (unpaired) electrons. The molecule has 2 aromatic rings. The lowest BCUT2D eigenvalue weighted by Gasteiger charge is -2.31. The fraction of sp³-hybridized carbons (Fsp3) is 0.300.